The summed E-state index contributed by atoms with van der Waals surface area (Å²) in [5, 5.41) is 9.10. The maximum atomic E-state index is 6.46. The average molecular weight is 270 g/mol. The van der Waals surface area contributed by atoms with Gasteiger partial charge in [0.05, 0.1) is 16.4 Å². The number of hydrogen-bond acceptors (Lipinski definition) is 2. The van der Waals surface area contributed by atoms with E-state index in [9.17, 15) is 0 Å². The minimum Gasteiger partial charge on any atom is -0.311 e. The summed E-state index contributed by atoms with van der Waals surface area (Å²) in [6, 6.07) is 0. The van der Waals surface area contributed by atoms with Gasteiger partial charge in [0.15, 0.2) is 0 Å². The van der Waals surface area contributed by atoms with Crippen molar-refractivity contribution in [3.05, 3.63) is 16.4 Å². The van der Waals surface area contributed by atoms with Gasteiger partial charge in [0, 0.05) is 19.0 Å². The number of rotatable bonds is 5. The lowest BCUT2D eigenvalue weighted by molar-refractivity contribution is 0.334. The van der Waals surface area contributed by atoms with Crippen LogP contribution in [0.5, 0.6) is 0 Å². The van der Waals surface area contributed by atoms with E-state index < -0.39 is 0 Å². The summed E-state index contributed by atoms with van der Waals surface area (Å²) in [7, 11) is 2.01. The zero-order valence-corrected chi connectivity index (χ0v) is 12.5. The largest absolute Gasteiger partial charge is 0.311 e. The van der Waals surface area contributed by atoms with Crippen molar-refractivity contribution in [3.8, 4) is 0 Å². The second kappa shape index (κ2) is 5.62. The van der Waals surface area contributed by atoms with Gasteiger partial charge in [-0.15, -0.1) is 0 Å². The molecule has 1 N–H and O–H groups in total. The van der Waals surface area contributed by atoms with Crippen molar-refractivity contribution in [2.75, 3.05) is 6.54 Å². The zero-order chi connectivity index (χ0) is 13.2. The Labute approximate surface area is 115 Å². The topological polar surface area (TPSA) is 29.9 Å². The third kappa shape index (κ3) is 2.57. The van der Waals surface area contributed by atoms with Crippen molar-refractivity contribution in [2.45, 2.75) is 57.9 Å². The molecule has 0 spiro atoms. The fourth-order valence-electron chi connectivity index (χ4n) is 3.13. The lowest BCUT2D eigenvalue weighted by atomic mass is 9.87. The molecule has 1 fully saturated rings. The van der Waals surface area contributed by atoms with Crippen LogP contribution in [0, 0.1) is 0 Å². The van der Waals surface area contributed by atoms with E-state index in [1.807, 2.05) is 11.7 Å². The van der Waals surface area contributed by atoms with E-state index in [1.54, 1.807) is 0 Å². The van der Waals surface area contributed by atoms with Crippen LogP contribution in [0.15, 0.2) is 0 Å². The number of aryl methyl sites for hydroxylation is 2. The van der Waals surface area contributed by atoms with E-state index in [0.717, 1.165) is 30.1 Å². The molecule has 0 aromatic carbocycles. The first kappa shape index (κ1) is 13.9. The summed E-state index contributed by atoms with van der Waals surface area (Å²) < 4.78 is 1.97. The summed E-state index contributed by atoms with van der Waals surface area (Å²) in [5.41, 5.74) is 2.46. The molecule has 0 aliphatic carbocycles. The summed E-state index contributed by atoms with van der Waals surface area (Å²) >= 11 is 6.46. The van der Waals surface area contributed by atoms with Crippen molar-refractivity contribution in [2.24, 2.45) is 7.05 Å². The van der Waals surface area contributed by atoms with Gasteiger partial charge >= 0.3 is 0 Å². The maximum absolute atomic E-state index is 6.46. The molecule has 2 heterocycles. The molecule has 18 heavy (non-hydrogen) atoms. The molecule has 1 aliphatic heterocycles. The van der Waals surface area contributed by atoms with Crippen LogP contribution < -0.4 is 5.32 Å². The Bertz CT molecular complexity index is 405. The van der Waals surface area contributed by atoms with Crippen molar-refractivity contribution in [3.63, 3.8) is 0 Å². The highest BCUT2D eigenvalue weighted by atomic mass is 35.5. The first-order valence-corrected chi connectivity index (χ1v) is 7.45. The number of aromatic nitrogens is 2. The minimum absolute atomic E-state index is 0.247. The Morgan fingerprint density at radius 3 is 2.72 bits per heavy atom. The highest BCUT2D eigenvalue weighted by Gasteiger charge is 2.34. The summed E-state index contributed by atoms with van der Waals surface area (Å²) in [4.78, 5) is 0. The van der Waals surface area contributed by atoms with Crippen molar-refractivity contribution >= 4 is 11.6 Å². The molecule has 0 radical (unpaired) electrons. The molecule has 1 aromatic rings. The SMILES string of the molecule is CCCC1(Cc2c(Cl)c(CC)nn2C)CCCN1. The summed E-state index contributed by atoms with van der Waals surface area (Å²) in [5.74, 6) is 0. The van der Waals surface area contributed by atoms with Gasteiger partial charge in [-0.05, 0) is 32.2 Å². The molecular formula is C14H24ClN3. The van der Waals surface area contributed by atoms with E-state index in [4.69, 9.17) is 11.6 Å². The number of nitrogens with zero attached hydrogens (tertiary/aromatic N) is 2. The van der Waals surface area contributed by atoms with Crippen LogP contribution in [-0.4, -0.2) is 21.9 Å². The van der Waals surface area contributed by atoms with Crippen LogP contribution in [0.1, 0.15) is 50.9 Å². The zero-order valence-electron chi connectivity index (χ0n) is 11.7. The molecule has 102 valence electrons. The molecular weight excluding hydrogens is 246 g/mol. The van der Waals surface area contributed by atoms with Gasteiger partial charge in [-0.25, -0.2) is 0 Å². The van der Waals surface area contributed by atoms with Gasteiger partial charge in [0.2, 0.25) is 0 Å². The minimum atomic E-state index is 0.247. The van der Waals surface area contributed by atoms with Crippen molar-refractivity contribution in [1.82, 2.24) is 15.1 Å². The fraction of sp³-hybridized carbons (Fsp3) is 0.786. The third-order valence-corrected chi connectivity index (χ3v) is 4.51. The van der Waals surface area contributed by atoms with Gasteiger partial charge in [0.1, 0.15) is 0 Å². The number of halogens is 1. The molecule has 4 heteroatoms. The van der Waals surface area contributed by atoms with E-state index in [1.165, 1.54) is 31.4 Å². The van der Waals surface area contributed by atoms with Gasteiger partial charge < -0.3 is 5.32 Å². The molecule has 1 aromatic heterocycles. The van der Waals surface area contributed by atoms with Gasteiger partial charge in [-0.3, -0.25) is 4.68 Å². The normalized spacial score (nSPS) is 23.8. The van der Waals surface area contributed by atoms with Crippen LogP contribution in [0.25, 0.3) is 0 Å². The summed E-state index contributed by atoms with van der Waals surface area (Å²) in [6.45, 7) is 5.49. The Hall–Kier alpha value is -0.540. The van der Waals surface area contributed by atoms with Crippen molar-refractivity contribution < 1.29 is 0 Å². The Balaban J connectivity index is 2.24. The van der Waals surface area contributed by atoms with Crippen LogP contribution >= 0.6 is 11.6 Å². The van der Waals surface area contributed by atoms with E-state index in [0.29, 0.717) is 0 Å². The highest BCUT2D eigenvalue weighted by Crippen LogP contribution is 2.32. The first-order valence-electron chi connectivity index (χ1n) is 7.07. The van der Waals surface area contributed by atoms with Crippen LogP contribution in [0.4, 0.5) is 0 Å². The lowest BCUT2D eigenvalue weighted by Crippen LogP contribution is -2.42. The predicted octanol–water partition coefficient (Wildman–Crippen LogP) is 3.10. The Morgan fingerprint density at radius 1 is 1.44 bits per heavy atom. The van der Waals surface area contributed by atoms with Crippen molar-refractivity contribution in [1.29, 1.82) is 0 Å². The van der Waals surface area contributed by atoms with Gasteiger partial charge in [-0.2, -0.15) is 5.10 Å². The summed E-state index contributed by atoms with van der Waals surface area (Å²) in [6.07, 6.45) is 6.86. The van der Waals surface area contributed by atoms with Crippen LogP contribution in [0.3, 0.4) is 0 Å². The third-order valence-electron chi connectivity index (χ3n) is 4.07. The fourth-order valence-corrected chi connectivity index (χ4v) is 3.49. The quantitative estimate of drug-likeness (QED) is 0.890. The Morgan fingerprint density at radius 2 is 2.22 bits per heavy atom. The molecule has 0 bridgehead atoms. The molecule has 1 unspecified atom stereocenters. The van der Waals surface area contributed by atoms with E-state index >= 15 is 0 Å². The molecule has 1 aliphatic rings. The first-order chi connectivity index (χ1) is 8.62. The monoisotopic (exact) mass is 269 g/mol. The smallest absolute Gasteiger partial charge is 0.0850 e. The number of nitrogens with one attached hydrogen (secondary N) is 1. The molecule has 1 saturated heterocycles. The molecule has 0 amide bonds. The second-order valence-electron chi connectivity index (χ2n) is 5.42. The highest BCUT2D eigenvalue weighted by molar-refractivity contribution is 6.31. The van der Waals surface area contributed by atoms with Crippen LogP contribution in [0.2, 0.25) is 5.02 Å². The second-order valence-corrected chi connectivity index (χ2v) is 5.80. The lowest BCUT2D eigenvalue weighted by Gasteiger charge is -2.29. The molecule has 1 atom stereocenters. The molecule has 0 saturated carbocycles. The number of hydrogen-bond donors (Lipinski definition) is 1. The predicted molar refractivity (Wildman–Crippen MR) is 76.2 cm³/mol. The molecule has 3 nitrogen and oxygen atoms in total. The standard InChI is InChI=1S/C14H24ClN3/c1-4-7-14(8-6-9-16-14)10-12-13(15)11(5-2)17-18(12)3/h16H,4-10H2,1-3H3. The average Bonchev–Trinajstić information content (AvgIpc) is 2.90. The molecule has 2 rings (SSSR count). The maximum Gasteiger partial charge on any atom is 0.0850 e. The Kier molecular flexibility index (Phi) is 4.33. The van der Waals surface area contributed by atoms with Crippen LogP contribution in [-0.2, 0) is 19.9 Å². The van der Waals surface area contributed by atoms with E-state index in [2.05, 4.69) is 24.3 Å². The van der Waals surface area contributed by atoms with E-state index in [-0.39, 0.29) is 5.54 Å². The van der Waals surface area contributed by atoms with Gasteiger partial charge in [0.25, 0.3) is 0 Å². The van der Waals surface area contributed by atoms with Gasteiger partial charge in [-0.1, -0.05) is 31.9 Å².